The summed E-state index contributed by atoms with van der Waals surface area (Å²) in [7, 11) is 1.35. The number of anilines is 2. The van der Waals surface area contributed by atoms with Gasteiger partial charge in [0.2, 0.25) is 0 Å². The molecule has 116 valence electrons. The zero-order chi connectivity index (χ0) is 15.4. The second-order valence-corrected chi connectivity index (χ2v) is 5.21. The summed E-state index contributed by atoms with van der Waals surface area (Å²) in [5.74, 6) is 0.253. The van der Waals surface area contributed by atoms with Crippen molar-refractivity contribution >= 4 is 17.5 Å². The Kier molecular flexibility index (Phi) is 5.01. The van der Waals surface area contributed by atoms with Gasteiger partial charge in [0.15, 0.2) is 11.5 Å². The van der Waals surface area contributed by atoms with Crippen LogP contribution in [0, 0.1) is 0 Å². The molecule has 0 amide bonds. The van der Waals surface area contributed by atoms with E-state index in [1.54, 1.807) is 12.1 Å². The summed E-state index contributed by atoms with van der Waals surface area (Å²) in [5.41, 5.74) is 6.93. The topological polar surface area (TPSA) is 71.7 Å². The SMILES string of the molecule is CCN(CC)C1CCN(c2nc(C(=O)OC)ccc2N)C1. The van der Waals surface area contributed by atoms with E-state index in [4.69, 9.17) is 10.5 Å². The number of likely N-dealkylation sites (N-methyl/N-ethyl adjacent to an activating group) is 1. The molecule has 0 bridgehead atoms. The van der Waals surface area contributed by atoms with Crippen LogP contribution < -0.4 is 10.6 Å². The summed E-state index contributed by atoms with van der Waals surface area (Å²) in [6.07, 6.45) is 1.09. The lowest BCUT2D eigenvalue weighted by Gasteiger charge is -2.26. The number of methoxy groups -OCH3 is 1. The number of esters is 1. The average Bonchev–Trinajstić information content (AvgIpc) is 2.98. The van der Waals surface area contributed by atoms with Crippen molar-refractivity contribution in [3.8, 4) is 0 Å². The number of ether oxygens (including phenoxy) is 1. The minimum absolute atomic E-state index is 0.299. The first-order valence-corrected chi connectivity index (χ1v) is 7.44. The number of aromatic nitrogens is 1. The van der Waals surface area contributed by atoms with Crippen LogP contribution in [0.25, 0.3) is 0 Å². The largest absolute Gasteiger partial charge is 0.464 e. The minimum Gasteiger partial charge on any atom is -0.464 e. The molecule has 1 aromatic heterocycles. The molecule has 6 nitrogen and oxygen atoms in total. The van der Waals surface area contributed by atoms with Gasteiger partial charge >= 0.3 is 5.97 Å². The summed E-state index contributed by atoms with van der Waals surface area (Å²) >= 11 is 0. The highest BCUT2D eigenvalue weighted by Gasteiger charge is 2.28. The lowest BCUT2D eigenvalue weighted by Crippen LogP contribution is -2.37. The molecule has 0 radical (unpaired) electrons. The number of hydrogen-bond donors (Lipinski definition) is 1. The number of rotatable bonds is 5. The summed E-state index contributed by atoms with van der Waals surface area (Å²) in [6, 6.07) is 3.84. The lowest BCUT2D eigenvalue weighted by atomic mass is 10.2. The van der Waals surface area contributed by atoms with Crippen molar-refractivity contribution in [1.29, 1.82) is 0 Å². The van der Waals surface area contributed by atoms with Crippen LogP contribution in [0.3, 0.4) is 0 Å². The molecule has 2 rings (SSSR count). The van der Waals surface area contributed by atoms with Gasteiger partial charge in [-0.05, 0) is 31.6 Å². The molecule has 1 aliphatic heterocycles. The average molecular weight is 292 g/mol. The van der Waals surface area contributed by atoms with Crippen LogP contribution in [0.4, 0.5) is 11.5 Å². The first-order chi connectivity index (χ1) is 10.1. The summed E-state index contributed by atoms with van der Waals surface area (Å²) in [5, 5.41) is 0. The number of nitrogen functional groups attached to an aromatic ring is 1. The number of nitrogens with zero attached hydrogens (tertiary/aromatic N) is 3. The van der Waals surface area contributed by atoms with E-state index in [1.807, 2.05) is 0 Å². The van der Waals surface area contributed by atoms with Crippen molar-refractivity contribution < 1.29 is 9.53 Å². The summed E-state index contributed by atoms with van der Waals surface area (Å²) < 4.78 is 4.72. The third-order valence-electron chi connectivity index (χ3n) is 4.09. The van der Waals surface area contributed by atoms with Gasteiger partial charge in [-0.3, -0.25) is 4.90 Å². The fourth-order valence-electron chi connectivity index (χ4n) is 2.90. The Morgan fingerprint density at radius 1 is 1.48 bits per heavy atom. The highest BCUT2D eigenvalue weighted by Crippen LogP contribution is 2.26. The van der Waals surface area contributed by atoms with Crippen LogP contribution in [0.5, 0.6) is 0 Å². The summed E-state index contributed by atoms with van der Waals surface area (Å²) in [4.78, 5) is 20.6. The Labute approximate surface area is 125 Å². The third-order valence-corrected chi connectivity index (χ3v) is 4.09. The molecular formula is C15H24N4O2. The van der Waals surface area contributed by atoms with Crippen LogP contribution in [0.15, 0.2) is 12.1 Å². The smallest absolute Gasteiger partial charge is 0.356 e. The molecule has 2 N–H and O–H groups in total. The number of carbonyl (C=O) groups is 1. The second-order valence-electron chi connectivity index (χ2n) is 5.21. The number of pyridine rings is 1. The number of nitrogens with two attached hydrogens (primary N) is 1. The van der Waals surface area contributed by atoms with Gasteiger partial charge in [-0.15, -0.1) is 0 Å². The Morgan fingerprint density at radius 3 is 2.81 bits per heavy atom. The quantitative estimate of drug-likeness (QED) is 0.827. The second kappa shape index (κ2) is 6.76. The van der Waals surface area contributed by atoms with Crippen LogP contribution >= 0.6 is 0 Å². The van der Waals surface area contributed by atoms with Crippen LogP contribution in [-0.4, -0.2) is 55.2 Å². The monoisotopic (exact) mass is 292 g/mol. The maximum atomic E-state index is 11.6. The Balaban J connectivity index is 2.17. The normalized spacial score (nSPS) is 18.3. The van der Waals surface area contributed by atoms with Crippen molar-refractivity contribution in [3.63, 3.8) is 0 Å². The van der Waals surface area contributed by atoms with Gasteiger partial charge in [0, 0.05) is 19.1 Å². The number of hydrogen-bond acceptors (Lipinski definition) is 6. The molecule has 2 heterocycles. The van der Waals surface area contributed by atoms with E-state index in [0.717, 1.165) is 32.6 Å². The van der Waals surface area contributed by atoms with Gasteiger partial charge in [-0.1, -0.05) is 13.8 Å². The fraction of sp³-hybridized carbons (Fsp3) is 0.600. The first kappa shape index (κ1) is 15.6. The highest BCUT2D eigenvalue weighted by atomic mass is 16.5. The van der Waals surface area contributed by atoms with Crippen LogP contribution in [0.1, 0.15) is 30.8 Å². The van der Waals surface area contributed by atoms with Crippen molar-refractivity contribution in [2.45, 2.75) is 26.3 Å². The van der Waals surface area contributed by atoms with Crippen molar-refractivity contribution in [2.75, 3.05) is 43.9 Å². The minimum atomic E-state index is -0.435. The predicted molar refractivity (Wildman–Crippen MR) is 83.5 cm³/mol. The molecule has 1 unspecified atom stereocenters. The first-order valence-electron chi connectivity index (χ1n) is 7.44. The van der Waals surface area contributed by atoms with E-state index in [-0.39, 0.29) is 0 Å². The van der Waals surface area contributed by atoms with Gasteiger partial charge in [-0.2, -0.15) is 0 Å². The molecule has 1 aliphatic rings. The standard InChI is InChI=1S/C15H24N4O2/c1-4-18(5-2)11-8-9-19(10-11)14-12(16)6-7-13(17-14)15(20)21-3/h6-7,11H,4-5,8-10,16H2,1-3H3. The van der Waals surface area contributed by atoms with E-state index in [0.29, 0.717) is 23.2 Å². The molecule has 21 heavy (non-hydrogen) atoms. The zero-order valence-electron chi connectivity index (χ0n) is 13.0. The lowest BCUT2D eigenvalue weighted by molar-refractivity contribution is 0.0594. The maximum absolute atomic E-state index is 11.6. The molecule has 0 spiro atoms. The van der Waals surface area contributed by atoms with Gasteiger partial charge < -0.3 is 15.4 Å². The predicted octanol–water partition coefficient (Wildman–Crippen LogP) is 1.37. The molecule has 6 heteroatoms. The Hall–Kier alpha value is -1.82. The molecule has 1 fully saturated rings. The van der Waals surface area contributed by atoms with E-state index in [1.165, 1.54) is 7.11 Å². The van der Waals surface area contributed by atoms with Crippen molar-refractivity contribution in [1.82, 2.24) is 9.88 Å². The van der Waals surface area contributed by atoms with E-state index in [2.05, 4.69) is 28.6 Å². The third kappa shape index (κ3) is 3.26. The van der Waals surface area contributed by atoms with E-state index >= 15 is 0 Å². The summed E-state index contributed by atoms with van der Waals surface area (Å²) in [6.45, 7) is 8.24. The maximum Gasteiger partial charge on any atom is 0.356 e. The fourth-order valence-corrected chi connectivity index (χ4v) is 2.90. The van der Waals surface area contributed by atoms with Gasteiger partial charge in [0.05, 0.1) is 12.8 Å². The molecule has 1 aromatic rings. The van der Waals surface area contributed by atoms with E-state index in [9.17, 15) is 4.79 Å². The van der Waals surface area contributed by atoms with Crippen molar-refractivity contribution in [2.24, 2.45) is 0 Å². The van der Waals surface area contributed by atoms with Crippen LogP contribution in [-0.2, 0) is 4.74 Å². The number of carbonyl (C=O) groups excluding carboxylic acids is 1. The molecule has 0 saturated carbocycles. The highest BCUT2D eigenvalue weighted by molar-refractivity contribution is 5.88. The van der Waals surface area contributed by atoms with Gasteiger partial charge in [0.25, 0.3) is 0 Å². The van der Waals surface area contributed by atoms with Crippen molar-refractivity contribution in [3.05, 3.63) is 17.8 Å². The van der Waals surface area contributed by atoms with E-state index < -0.39 is 5.97 Å². The molecule has 0 aliphatic carbocycles. The Bertz CT molecular complexity index is 502. The van der Waals surface area contributed by atoms with Gasteiger partial charge in [-0.25, -0.2) is 9.78 Å². The van der Waals surface area contributed by atoms with Gasteiger partial charge in [0.1, 0.15) is 0 Å². The zero-order valence-corrected chi connectivity index (χ0v) is 13.0. The molecule has 0 aromatic carbocycles. The van der Waals surface area contributed by atoms with Crippen LogP contribution in [0.2, 0.25) is 0 Å². The molecule has 1 atom stereocenters. The molecule has 1 saturated heterocycles. The molecular weight excluding hydrogens is 268 g/mol. The Morgan fingerprint density at radius 2 is 2.19 bits per heavy atom.